The maximum atomic E-state index is 14.5. The maximum Gasteiger partial charge on any atom is 0.304 e. The Morgan fingerprint density at radius 1 is 1.15 bits per heavy atom. The van der Waals surface area contributed by atoms with E-state index in [0.717, 1.165) is 31.0 Å². The second-order valence-electron chi connectivity index (χ2n) is 11.1. The van der Waals surface area contributed by atoms with Gasteiger partial charge in [0.1, 0.15) is 17.1 Å². The van der Waals surface area contributed by atoms with Crippen LogP contribution in [0.15, 0.2) is 29.0 Å². The number of amides is 1. The molecule has 1 amide bonds. The quantitative estimate of drug-likeness (QED) is 0.246. The number of fused-ring (bicyclic) bond motifs is 3. The van der Waals surface area contributed by atoms with Crippen molar-refractivity contribution in [1.29, 1.82) is 0 Å². The first kappa shape index (κ1) is 29.1. The number of rotatable bonds is 8. The highest BCUT2D eigenvalue weighted by Crippen LogP contribution is 2.55. The highest BCUT2D eigenvalue weighted by Gasteiger charge is 2.67. The third-order valence-corrected chi connectivity index (χ3v) is 8.07. The summed E-state index contributed by atoms with van der Waals surface area (Å²) in [4.78, 5) is 56.1. The number of aliphatic hydroxyl groups excluding tert-OH is 2. The van der Waals surface area contributed by atoms with Crippen LogP contribution in [0.1, 0.15) is 44.2 Å². The number of esters is 1. The molecule has 0 spiro atoms. The van der Waals surface area contributed by atoms with Gasteiger partial charge in [-0.15, -0.1) is 0 Å². The number of nitrogens with zero attached hydrogens (tertiary/aromatic N) is 2. The molecule has 0 aromatic heterocycles. The summed E-state index contributed by atoms with van der Waals surface area (Å²) in [6.45, 7) is 3.50. The SMILES string of the molecule is CCCCOc1ccc(N(C)C)c2c1C(O)=C1C(=O)[C@]3(OC(C)=O)C(O)=C(C(N)=O)C(=O)C(N(C)C)[C@@H]3C[C@@H]1C2. The number of aliphatic hydroxyl groups is 2. The fourth-order valence-corrected chi connectivity index (χ4v) is 6.46. The minimum atomic E-state index is -2.42. The highest BCUT2D eigenvalue weighted by atomic mass is 16.6. The molecule has 0 aliphatic heterocycles. The van der Waals surface area contributed by atoms with Crippen LogP contribution in [-0.4, -0.2) is 85.0 Å². The van der Waals surface area contributed by atoms with E-state index in [4.69, 9.17) is 15.2 Å². The van der Waals surface area contributed by atoms with Gasteiger partial charge in [0.2, 0.25) is 11.4 Å². The summed E-state index contributed by atoms with van der Waals surface area (Å²) in [6.07, 6.45) is 2.11. The zero-order valence-electron chi connectivity index (χ0n) is 23.7. The van der Waals surface area contributed by atoms with E-state index in [0.29, 0.717) is 24.3 Å². The molecule has 3 aliphatic rings. The molecule has 40 heavy (non-hydrogen) atoms. The fraction of sp³-hybridized carbons (Fsp3) is 0.517. The third-order valence-electron chi connectivity index (χ3n) is 8.07. The van der Waals surface area contributed by atoms with Gasteiger partial charge in [0.25, 0.3) is 5.91 Å². The molecule has 1 aromatic rings. The van der Waals surface area contributed by atoms with Crippen molar-refractivity contribution in [2.24, 2.45) is 17.6 Å². The van der Waals surface area contributed by atoms with Gasteiger partial charge < -0.3 is 30.3 Å². The first-order chi connectivity index (χ1) is 18.8. The van der Waals surface area contributed by atoms with E-state index in [1.807, 2.05) is 32.0 Å². The van der Waals surface area contributed by atoms with Crippen LogP contribution in [0.25, 0.3) is 5.76 Å². The maximum absolute atomic E-state index is 14.5. The molecule has 1 saturated carbocycles. The Morgan fingerprint density at radius 2 is 1.82 bits per heavy atom. The van der Waals surface area contributed by atoms with Crippen LogP contribution >= 0.6 is 0 Å². The lowest BCUT2D eigenvalue weighted by molar-refractivity contribution is -0.179. The Kier molecular flexibility index (Phi) is 7.72. The monoisotopic (exact) mass is 555 g/mol. The average Bonchev–Trinajstić information content (AvgIpc) is 2.84. The van der Waals surface area contributed by atoms with Crippen molar-refractivity contribution in [2.75, 3.05) is 39.7 Å². The van der Waals surface area contributed by atoms with Gasteiger partial charge in [0, 0.05) is 38.2 Å². The predicted octanol–water partition coefficient (Wildman–Crippen LogP) is 2.07. The van der Waals surface area contributed by atoms with Crippen LogP contribution < -0.4 is 15.4 Å². The number of ether oxygens (including phenoxy) is 2. The molecular formula is C29H37N3O8. The lowest BCUT2D eigenvalue weighted by atomic mass is 9.57. The zero-order chi connectivity index (χ0) is 29.7. The van der Waals surface area contributed by atoms with Crippen LogP contribution in [0, 0.1) is 11.8 Å². The number of Topliss-reactive ketones (excluding diaryl/α,β-unsaturated/α-hetero) is 2. The van der Waals surface area contributed by atoms with Gasteiger partial charge in [-0.1, -0.05) is 13.3 Å². The average molecular weight is 556 g/mol. The lowest BCUT2D eigenvalue weighted by Crippen LogP contribution is -2.67. The second kappa shape index (κ2) is 10.6. The van der Waals surface area contributed by atoms with Gasteiger partial charge in [-0.05, 0) is 57.0 Å². The summed E-state index contributed by atoms with van der Waals surface area (Å²) in [5.41, 5.74) is 4.18. The number of hydrogen-bond donors (Lipinski definition) is 3. The van der Waals surface area contributed by atoms with E-state index < -0.39 is 58.3 Å². The number of likely N-dealkylation sites (N-methyl/N-ethyl adjacent to an activating group) is 1. The van der Waals surface area contributed by atoms with Crippen molar-refractivity contribution < 1.29 is 38.9 Å². The van der Waals surface area contributed by atoms with Gasteiger partial charge in [-0.2, -0.15) is 0 Å². The van der Waals surface area contributed by atoms with Crippen LogP contribution in [0.4, 0.5) is 5.69 Å². The summed E-state index contributed by atoms with van der Waals surface area (Å²) in [5, 5.41) is 23.1. The number of ketones is 2. The van der Waals surface area contributed by atoms with E-state index in [1.54, 1.807) is 20.2 Å². The Bertz CT molecular complexity index is 1340. The molecular weight excluding hydrogens is 518 g/mol. The number of unbranched alkanes of at least 4 members (excludes halogenated alkanes) is 1. The Morgan fingerprint density at radius 3 is 2.38 bits per heavy atom. The summed E-state index contributed by atoms with van der Waals surface area (Å²) >= 11 is 0. The molecule has 1 unspecified atom stereocenters. The summed E-state index contributed by atoms with van der Waals surface area (Å²) in [5.74, 6) is -6.38. The fourth-order valence-electron chi connectivity index (χ4n) is 6.46. The summed E-state index contributed by atoms with van der Waals surface area (Å²) in [7, 11) is 6.93. The topological polar surface area (TPSA) is 160 Å². The predicted molar refractivity (Wildman–Crippen MR) is 147 cm³/mol. The summed E-state index contributed by atoms with van der Waals surface area (Å²) < 4.78 is 11.6. The first-order valence-electron chi connectivity index (χ1n) is 13.4. The number of carbonyl (C=O) groups is 4. The van der Waals surface area contributed by atoms with E-state index in [-0.39, 0.29) is 17.8 Å². The van der Waals surface area contributed by atoms with Crippen molar-refractivity contribution in [3.8, 4) is 5.75 Å². The van der Waals surface area contributed by atoms with Crippen molar-refractivity contribution in [2.45, 2.75) is 51.2 Å². The van der Waals surface area contributed by atoms with Gasteiger partial charge in [-0.25, -0.2) is 0 Å². The van der Waals surface area contributed by atoms with E-state index in [2.05, 4.69) is 0 Å². The third kappa shape index (κ3) is 4.32. The van der Waals surface area contributed by atoms with Crippen molar-refractivity contribution in [3.63, 3.8) is 0 Å². The number of hydrogen-bond acceptors (Lipinski definition) is 10. The Labute approximate surface area is 233 Å². The van der Waals surface area contributed by atoms with Crippen molar-refractivity contribution >= 4 is 34.9 Å². The number of nitrogens with two attached hydrogens (primary N) is 1. The first-order valence-corrected chi connectivity index (χ1v) is 13.4. The van der Waals surface area contributed by atoms with E-state index in [9.17, 15) is 29.4 Å². The molecule has 11 nitrogen and oxygen atoms in total. The minimum absolute atomic E-state index is 0.0523. The highest BCUT2D eigenvalue weighted by molar-refractivity contribution is 6.24. The minimum Gasteiger partial charge on any atom is -0.507 e. The van der Waals surface area contributed by atoms with Gasteiger partial charge in [0.15, 0.2) is 11.5 Å². The van der Waals surface area contributed by atoms with Gasteiger partial charge in [0.05, 0.1) is 18.2 Å². The number of primary amides is 1. The van der Waals surface area contributed by atoms with E-state index >= 15 is 0 Å². The smallest absolute Gasteiger partial charge is 0.304 e. The number of anilines is 1. The van der Waals surface area contributed by atoms with Gasteiger partial charge in [-0.3, -0.25) is 24.1 Å². The van der Waals surface area contributed by atoms with E-state index in [1.165, 1.54) is 4.90 Å². The van der Waals surface area contributed by atoms with Crippen LogP contribution in [0.3, 0.4) is 0 Å². The molecule has 0 radical (unpaired) electrons. The molecule has 0 saturated heterocycles. The van der Waals surface area contributed by atoms with Crippen LogP contribution in [-0.2, 0) is 30.3 Å². The molecule has 4 rings (SSSR count). The molecule has 11 heteroatoms. The Balaban J connectivity index is 2.02. The normalized spacial score (nSPS) is 25.8. The largest absolute Gasteiger partial charge is 0.507 e. The second-order valence-corrected chi connectivity index (χ2v) is 11.1. The molecule has 216 valence electrons. The molecule has 3 aliphatic carbocycles. The lowest BCUT2D eigenvalue weighted by Gasteiger charge is -2.51. The molecule has 0 bridgehead atoms. The molecule has 4 atom stereocenters. The van der Waals surface area contributed by atoms with Crippen LogP contribution in [0.5, 0.6) is 5.75 Å². The molecule has 0 heterocycles. The molecule has 4 N–H and O–H groups in total. The Hall–Kier alpha value is -3.86. The number of benzene rings is 1. The molecule has 1 aromatic carbocycles. The van der Waals surface area contributed by atoms with Crippen molar-refractivity contribution in [1.82, 2.24) is 4.90 Å². The molecule has 1 fully saturated rings. The zero-order valence-corrected chi connectivity index (χ0v) is 23.7. The van der Waals surface area contributed by atoms with Crippen molar-refractivity contribution in [3.05, 3.63) is 40.2 Å². The van der Waals surface area contributed by atoms with Gasteiger partial charge >= 0.3 is 5.97 Å². The van der Waals surface area contributed by atoms with Crippen LogP contribution in [0.2, 0.25) is 0 Å². The summed E-state index contributed by atoms with van der Waals surface area (Å²) in [6, 6.07) is 2.53. The standard InChI is InChI=1S/C29H37N3O8/c1-7-8-11-39-19-10-9-18(31(3)4)16-12-15-13-17-23(32(5)6)25(35)22(28(30)38)27(37)29(17,40-14(2)33)26(36)20(15)24(34)21(16)19/h9-10,15,17,23,34,37H,7-8,11-13H2,1-6H3,(H2,30,38)/t15-,17-,23?,29-/m0/s1. The number of carbonyl (C=O) groups excluding carboxylic acids is 4.